The van der Waals surface area contributed by atoms with Crippen LogP contribution in [0.5, 0.6) is 0 Å². The van der Waals surface area contributed by atoms with Crippen LogP contribution in [0.4, 0.5) is 0 Å². The molecule has 0 aromatic heterocycles. The Morgan fingerprint density at radius 3 is 0.750 bits per heavy atom. The fourth-order valence-corrected chi connectivity index (χ4v) is 0. The van der Waals surface area contributed by atoms with Gasteiger partial charge in [-0.2, -0.15) is 27.0 Å². The Morgan fingerprint density at radius 2 is 0.750 bits per heavy atom. The van der Waals surface area contributed by atoms with E-state index in [-0.39, 0.29) is 69.8 Å². The van der Waals surface area contributed by atoms with Crippen molar-refractivity contribution < 1.29 is 42.8 Å². The standard InChI is InChI=1S/Nb.Re.2H2S/h;;2*1H2. The van der Waals surface area contributed by atoms with Gasteiger partial charge in [-0.25, -0.2) is 0 Å². The van der Waals surface area contributed by atoms with Gasteiger partial charge in [-0.1, -0.05) is 0 Å². The minimum absolute atomic E-state index is 0. The van der Waals surface area contributed by atoms with E-state index in [4.69, 9.17) is 0 Å². The molecule has 4 heteroatoms. The smallest absolute Gasteiger partial charge is 0 e. The Kier molecular flexibility index (Phi) is 175. The summed E-state index contributed by atoms with van der Waals surface area (Å²) in [6, 6.07) is 0. The second-order valence-corrected chi connectivity index (χ2v) is 0. The molecule has 0 amide bonds. The van der Waals surface area contributed by atoms with E-state index in [0.29, 0.717) is 0 Å². The van der Waals surface area contributed by atoms with Gasteiger partial charge in [0.25, 0.3) is 0 Å². The fraction of sp³-hybridized carbons (Fsp3) is 0. The van der Waals surface area contributed by atoms with Crippen molar-refractivity contribution >= 4 is 27.0 Å². The van der Waals surface area contributed by atoms with Crippen molar-refractivity contribution in [3.8, 4) is 0 Å². The van der Waals surface area contributed by atoms with Crippen molar-refractivity contribution in [1.29, 1.82) is 0 Å². The Balaban J connectivity index is 0. The third kappa shape index (κ3) is 8.93. The summed E-state index contributed by atoms with van der Waals surface area (Å²) in [5.74, 6) is 0. The van der Waals surface area contributed by atoms with Gasteiger partial charge < -0.3 is 0 Å². The quantitative estimate of drug-likeness (QED) is 0.550. The van der Waals surface area contributed by atoms with E-state index in [1.807, 2.05) is 0 Å². The summed E-state index contributed by atoms with van der Waals surface area (Å²) < 4.78 is 0. The van der Waals surface area contributed by atoms with Gasteiger partial charge in [-0.05, 0) is 0 Å². The largest absolute Gasteiger partial charge is 0.197 e. The third-order valence-electron chi connectivity index (χ3n) is 0. The van der Waals surface area contributed by atoms with Gasteiger partial charge in [0.1, 0.15) is 0 Å². The molecule has 2 radical (unpaired) electrons. The third-order valence-corrected chi connectivity index (χ3v) is 0. The zero-order chi connectivity index (χ0) is 0. The molecule has 0 rings (SSSR count). The normalized spacial score (nSPS) is 0. The Bertz CT molecular complexity index is 6.00. The maximum absolute atomic E-state index is 0. The Morgan fingerprint density at radius 1 is 0.750 bits per heavy atom. The maximum atomic E-state index is 0. The van der Waals surface area contributed by atoms with Gasteiger partial charge in [-0.15, -0.1) is 0 Å². The van der Waals surface area contributed by atoms with Crippen molar-refractivity contribution in [3.63, 3.8) is 0 Å². The molecule has 0 unspecified atom stereocenters. The van der Waals surface area contributed by atoms with Gasteiger partial charge in [0.15, 0.2) is 0 Å². The van der Waals surface area contributed by atoms with E-state index in [1.165, 1.54) is 0 Å². The van der Waals surface area contributed by atoms with Crippen molar-refractivity contribution in [2.75, 3.05) is 0 Å². The van der Waals surface area contributed by atoms with E-state index in [2.05, 4.69) is 0 Å². The first-order valence-electron chi connectivity index (χ1n) is 0. The van der Waals surface area contributed by atoms with Gasteiger partial charge in [0, 0.05) is 42.8 Å². The second-order valence-electron chi connectivity index (χ2n) is 0. The first-order chi connectivity index (χ1) is 0. The zero-order valence-corrected chi connectivity index (χ0v) is 8.74. The van der Waals surface area contributed by atoms with Crippen LogP contribution in [-0.4, -0.2) is 0 Å². The number of hydrogen-bond acceptors (Lipinski definition) is 0. The minimum atomic E-state index is 0. The molecule has 0 aliphatic rings. The fourth-order valence-electron chi connectivity index (χ4n) is 0. The molecular formula is H4NbReS2. The molecule has 0 aromatic rings. The van der Waals surface area contributed by atoms with E-state index in [1.54, 1.807) is 0 Å². The average Bonchev–Trinajstić information content (AvgIpc) is 0. The van der Waals surface area contributed by atoms with Crippen LogP contribution in [0.3, 0.4) is 0 Å². The monoisotopic (exact) mass is 348 g/mol. The van der Waals surface area contributed by atoms with E-state index in [9.17, 15) is 0 Å². The first-order valence-corrected chi connectivity index (χ1v) is 0. The molecule has 28 valence electrons. The predicted molar refractivity (Wildman–Crippen MR) is 20.8 cm³/mol. The van der Waals surface area contributed by atoms with Gasteiger partial charge in [0.2, 0.25) is 0 Å². The number of rotatable bonds is 0. The molecule has 0 nitrogen and oxygen atoms in total. The van der Waals surface area contributed by atoms with Crippen molar-refractivity contribution in [2.45, 2.75) is 0 Å². The Labute approximate surface area is 69.2 Å². The molecule has 0 aliphatic heterocycles. The second kappa shape index (κ2) is 19.4. The summed E-state index contributed by atoms with van der Waals surface area (Å²) in [6.45, 7) is 0. The molecule has 0 heterocycles. The van der Waals surface area contributed by atoms with E-state index < -0.39 is 0 Å². The van der Waals surface area contributed by atoms with E-state index in [0.717, 1.165) is 0 Å². The first kappa shape index (κ1) is 35.9. The van der Waals surface area contributed by atoms with Crippen LogP contribution in [-0.2, 0) is 42.8 Å². The molecule has 0 aliphatic carbocycles. The molecule has 0 saturated heterocycles. The predicted octanol–water partition coefficient (Wildman–Crippen LogP) is 0.221. The van der Waals surface area contributed by atoms with Crippen LogP contribution in [0.1, 0.15) is 0 Å². The van der Waals surface area contributed by atoms with Crippen LogP contribution < -0.4 is 0 Å². The summed E-state index contributed by atoms with van der Waals surface area (Å²) in [5.41, 5.74) is 0. The summed E-state index contributed by atoms with van der Waals surface area (Å²) in [5, 5.41) is 0. The number of hydrogen-bond donors (Lipinski definition) is 0. The minimum Gasteiger partial charge on any atom is -0.197 e. The molecule has 0 atom stereocenters. The average molecular weight is 347 g/mol. The van der Waals surface area contributed by atoms with Crippen molar-refractivity contribution in [1.82, 2.24) is 0 Å². The molecule has 4 heavy (non-hydrogen) atoms. The maximum Gasteiger partial charge on any atom is 0 e. The van der Waals surface area contributed by atoms with Gasteiger partial charge >= 0.3 is 0 Å². The Hall–Kier alpha value is 2.10. The molecular weight excluding hydrogens is 343 g/mol. The summed E-state index contributed by atoms with van der Waals surface area (Å²) in [7, 11) is 0. The van der Waals surface area contributed by atoms with Crippen LogP contribution in [0.15, 0.2) is 0 Å². The van der Waals surface area contributed by atoms with Crippen LogP contribution in [0, 0.1) is 0 Å². The van der Waals surface area contributed by atoms with Crippen molar-refractivity contribution in [3.05, 3.63) is 0 Å². The zero-order valence-electron chi connectivity index (χ0n) is 1.83. The molecule has 0 saturated carbocycles. The molecule has 0 fully saturated rings. The topological polar surface area (TPSA) is 0 Å². The molecule has 0 N–H and O–H groups in total. The summed E-state index contributed by atoms with van der Waals surface area (Å²) in [4.78, 5) is 0. The van der Waals surface area contributed by atoms with E-state index >= 15 is 0 Å². The summed E-state index contributed by atoms with van der Waals surface area (Å²) in [6.07, 6.45) is 0. The van der Waals surface area contributed by atoms with Gasteiger partial charge in [0.05, 0.1) is 0 Å². The van der Waals surface area contributed by atoms with Gasteiger partial charge in [-0.3, -0.25) is 0 Å². The van der Waals surface area contributed by atoms with Crippen LogP contribution >= 0.6 is 27.0 Å². The summed E-state index contributed by atoms with van der Waals surface area (Å²) >= 11 is 0. The van der Waals surface area contributed by atoms with Crippen LogP contribution in [0.25, 0.3) is 0 Å². The molecule has 0 spiro atoms. The van der Waals surface area contributed by atoms with Crippen LogP contribution in [0.2, 0.25) is 0 Å². The molecule has 0 aromatic carbocycles. The van der Waals surface area contributed by atoms with Crippen molar-refractivity contribution in [2.24, 2.45) is 0 Å². The SMILES string of the molecule is S.S.[Nb].[Re]. The molecule has 0 bridgehead atoms.